The quantitative estimate of drug-likeness (QED) is 0.906. The second-order valence-corrected chi connectivity index (χ2v) is 6.41. The third kappa shape index (κ3) is 3.24. The lowest BCUT2D eigenvalue weighted by atomic mass is 9.98. The van der Waals surface area contributed by atoms with Gasteiger partial charge in [0.25, 0.3) is 0 Å². The summed E-state index contributed by atoms with van der Waals surface area (Å²) in [6.45, 7) is 6.97. The van der Waals surface area contributed by atoms with Gasteiger partial charge < -0.3 is 5.32 Å². The minimum Gasteiger partial charge on any atom is -0.312 e. The van der Waals surface area contributed by atoms with Crippen LogP contribution in [0.4, 0.5) is 0 Å². The zero-order valence-corrected chi connectivity index (χ0v) is 12.8. The molecule has 2 aliphatic rings. The summed E-state index contributed by atoms with van der Waals surface area (Å²) in [5.74, 6) is 0. The highest BCUT2D eigenvalue weighted by Crippen LogP contribution is 2.23. The Morgan fingerprint density at radius 3 is 3.05 bits per heavy atom. The van der Waals surface area contributed by atoms with Crippen LogP contribution in [0.25, 0.3) is 0 Å². The molecule has 2 heteroatoms. The number of nitrogens with one attached hydrogen (secondary N) is 1. The monoisotopic (exact) mass is 272 g/mol. The average molecular weight is 272 g/mol. The van der Waals surface area contributed by atoms with Crippen LogP contribution in [-0.2, 0) is 19.5 Å². The summed E-state index contributed by atoms with van der Waals surface area (Å²) in [6, 6.07) is 7.97. The first-order valence-corrected chi connectivity index (χ1v) is 8.42. The summed E-state index contributed by atoms with van der Waals surface area (Å²) >= 11 is 0. The van der Waals surface area contributed by atoms with E-state index in [2.05, 4.69) is 35.3 Å². The molecule has 20 heavy (non-hydrogen) atoms. The van der Waals surface area contributed by atoms with Crippen molar-refractivity contribution >= 4 is 0 Å². The van der Waals surface area contributed by atoms with Crippen LogP contribution >= 0.6 is 0 Å². The zero-order chi connectivity index (χ0) is 13.8. The molecular weight excluding hydrogens is 244 g/mol. The molecule has 1 fully saturated rings. The van der Waals surface area contributed by atoms with E-state index in [0.717, 1.165) is 25.7 Å². The zero-order valence-electron chi connectivity index (χ0n) is 12.8. The summed E-state index contributed by atoms with van der Waals surface area (Å²) < 4.78 is 0. The molecule has 0 aliphatic carbocycles. The van der Waals surface area contributed by atoms with Crippen molar-refractivity contribution in [2.45, 2.75) is 64.6 Å². The van der Waals surface area contributed by atoms with E-state index in [4.69, 9.17) is 0 Å². The molecular formula is C18H28N2. The van der Waals surface area contributed by atoms with Gasteiger partial charge in [-0.05, 0) is 55.5 Å². The van der Waals surface area contributed by atoms with Gasteiger partial charge in [-0.25, -0.2) is 0 Å². The van der Waals surface area contributed by atoms with Crippen molar-refractivity contribution in [2.24, 2.45) is 0 Å². The third-order valence-electron chi connectivity index (χ3n) is 5.01. The number of likely N-dealkylation sites (tertiary alicyclic amines) is 1. The summed E-state index contributed by atoms with van der Waals surface area (Å²) in [6.07, 6.45) is 8.10. The lowest BCUT2D eigenvalue weighted by molar-refractivity contribution is 0.186. The Hall–Kier alpha value is -0.860. The van der Waals surface area contributed by atoms with Crippen molar-refractivity contribution < 1.29 is 0 Å². The summed E-state index contributed by atoms with van der Waals surface area (Å²) in [5.41, 5.74) is 4.58. The number of nitrogens with zero attached hydrogens (tertiary/aromatic N) is 1. The Kier molecular flexibility index (Phi) is 4.74. The summed E-state index contributed by atoms with van der Waals surface area (Å²) in [4.78, 5) is 2.73. The Balaban J connectivity index is 1.72. The highest BCUT2D eigenvalue weighted by Gasteiger charge is 2.20. The first-order valence-electron chi connectivity index (χ1n) is 8.42. The molecule has 0 saturated carbocycles. The molecule has 1 aromatic rings. The predicted molar refractivity (Wildman–Crippen MR) is 84.8 cm³/mol. The molecule has 1 atom stereocenters. The van der Waals surface area contributed by atoms with Crippen LogP contribution < -0.4 is 5.32 Å². The minimum absolute atomic E-state index is 0.798. The number of hydrogen-bond donors (Lipinski definition) is 1. The molecule has 1 saturated heterocycles. The van der Waals surface area contributed by atoms with Gasteiger partial charge in [0.2, 0.25) is 0 Å². The Morgan fingerprint density at radius 1 is 1.20 bits per heavy atom. The number of benzene rings is 1. The van der Waals surface area contributed by atoms with Gasteiger partial charge in [-0.3, -0.25) is 4.90 Å². The normalized spacial score (nSPS) is 24.1. The van der Waals surface area contributed by atoms with Crippen LogP contribution in [0.5, 0.6) is 0 Å². The van der Waals surface area contributed by atoms with Crippen molar-refractivity contribution in [3.63, 3.8) is 0 Å². The predicted octanol–water partition coefficient (Wildman–Crippen LogP) is 3.49. The molecule has 0 amide bonds. The van der Waals surface area contributed by atoms with Crippen molar-refractivity contribution in [1.29, 1.82) is 0 Å². The van der Waals surface area contributed by atoms with E-state index in [1.54, 1.807) is 5.56 Å². The fourth-order valence-electron chi connectivity index (χ4n) is 3.77. The molecule has 0 aromatic heterocycles. The van der Waals surface area contributed by atoms with Gasteiger partial charge in [0.1, 0.15) is 0 Å². The summed E-state index contributed by atoms with van der Waals surface area (Å²) in [7, 11) is 0. The molecule has 0 radical (unpaired) electrons. The second kappa shape index (κ2) is 6.73. The Bertz CT molecular complexity index is 441. The van der Waals surface area contributed by atoms with E-state index in [-0.39, 0.29) is 0 Å². The molecule has 2 nitrogen and oxygen atoms in total. The summed E-state index contributed by atoms with van der Waals surface area (Å²) in [5, 5.41) is 3.49. The van der Waals surface area contributed by atoms with Gasteiger partial charge in [-0.1, -0.05) is 38.0 Å². The molecule has 0 spiro atoms. The maximum atomic E-state index is 3.49. The van der Waals surface area contributed by atoms with Crippen LogP contribution in [-0.4, -0.2) is 24.0 Å². The Morgan fingerprint density at radius 2 is 2.15 bits per heavy atom. The topological polar surface area (TPSA) is 15.3 Å². The highest BCUT2D eigenvalue weighted by molar-refractivity contribution is 5.33. The molecule has 2 heterocycles. The molecule has 1 unspecified atom stereocenters. The lowest BCUT2D eigenvalue weighted by Crippen LogP contribution is -2.34. The van der Waals surface area contributed by atoms with Crippen molar-refractivity contribution in [1.82, 2.24) is 10.2 Å². The van der Waals surface area contributed by atoms with Crippen LogP contribution in [0.15, 0.2) is 18.2 Å². The standard InChI is InChI=1S/C18H28N2/c1-2-18-6-4-3-5-11-20(18)14-15-7-8-16-9-10-19-13-17(16)12-15/h7-8,12,18-19H,2-6,9-11,13-14H2,1H3. The first kappa shape index (κ1) is 14.1. The van der Waals surface area contributed by atoms with Crippen molar-refractivity contribution in [3.05, 3.63) is 34.9 Å². The molecule has 1 N–H and O–H groups in total. The van der Waals surface area contributed by atoms with Crippen molar-refractivity contribution in [2.75, 3.05) is 13.1 Å². The minimum atomic E-state index is 0.798. The van der Waals surface area contributed by atoms with Gasteiger partial charge in [-0.2, -0.15) is 0 Å². The van der Waals surface area contributed by atoms with Gasteiger partial charge in [-0.15, -0.1) is 0 Å². The Labute approximate surface area is 123 Å². The van der Waals surface area contributed by atoms with Crippen LogP contribution in [0.3, 0.4) is 0 Å². The van der Waals surface area contributed by atoms with Crippen molar-refractivity contribution in [3.8, 4) is 0 Å². The first-order chi connectivity index (χ1) is 9.86. The largest absolute Gasteiger partial charge is 0.312 e. The maximum Gasteiger partial charge on any atom is 0.0236 e. The fourth-order valence-corrected chi connectivity index (χ4v) is 3.77. The molecule has 1 aromatic carbocycles. The van der Waals surface area contributed by atoms with Crippen LogP contribution in [0.2, 0.25) is 0 Å². The van der Waals surface area contributed by atoms with Gasteiger partial charge in [0, 0.05) is 19.1 Å². The molecule has 3 rings (SSSR count). The van der Waals surface area contributed by atoms with E-state index in [1.165, 1.54) is 56.2 Å². The van der Waals surface area contributed by atoms with E-state index in [1.807, 2.05) is 0 Å². The van der Waals surface area contributed by atoms with Crippen LogP contribution in [0, 0.1) is 0 Å². The number of fused-ring (bicyclic) bond motifs is 1. The van der Waals surface area contributed by atoms with E-state index < -0.39 is 0 Å². The second-order valence-electron chi connectivity index (χ2n) is 6.41. The maximum absolute atomic E-state index is 3.49. The molecule has 110 valence electrons. The van der Waals surface area contributed by atoms with E-state index >= 15 is 0 Å². The van der Waals surface area contributed by atoms with E-state index in [9.17, 15) is 0 Å². The SMILES string of the molecule is CCC1CCCCCN1Cc1ccc2c(c1)CNCC2. The van der Waals surface area contributed by atoms with Gasteiger partial charge in [0.15, 0.2) is 0 Å². The number of rotatable bonds is 3. The van der Waals surface area contributed by atoms with Crippen LogP contribution in [0.1, 0.15) is 55.7 Å². The lowest BCUT2D eigenvalue weighted by Gasteiger charge is -2.29. The number of hydrogen-bond acceptors (Lipinski definition) is 2. The average Bonchev–Trinajstić information content (AvgIpc) is 2.72. The molecule has 0 bridgehead atoms. The van der Waals surface area contributed by atoms with E-state index in [0.29, 0.717) is 0 Å². The smallest absolute Gasteiger partial charge is 0.0236 e. The third-order valence-corrected chi connectivity index (χ3v) is 5.01. The fraction of sp³-hybridized carbons (Fsp3) is 0.667. The highest BCUT2D eigenvalue weighted by atomic mass is 15.2. The van der Waals surface area contributed by atoms with Gasteiger partial charge in [0.05, 0.1) is 0 Å². The van der Waals surface area contributed by atoms with Gasteiger partial charge >= 0.3 is 0 Å². The molecule has 2 aliphatic heterocycles.